The SMILES string of the molecule is CCC1CN2CCC1CC2CNC(=O)c1ccc(C(F)(F)F)cc1. The van der Waals surface area contributed by atoms with E-state index < -0.39 is 11.7 Å². The first-order valence-corrected chi connectivity index (χ1v) is 8.58. The molecule has 6 heteroatoms. The summed E-state index contributed by atoms with van der Waals surface area (Å²) in [5.41, 5.74) is -0.467. The number of carbonyl (C=O) groups excluding carboxylic acids is 1. The molecule has 1 N–H and O–H groups in total. The average molecular weight is 340 g/mol. The second-order valence-corrected chi connectivity index (χ2v) is 6.89. The van der Waals surface area contributed by atoms with Crippen molar-refractivity contribution in [1.29, 1.82) is 0 Å². The van der Waals surface area contributed by atoms with Gasteiger partial charge in [-0.2, -0.15) is 13.2 Å². The van der Waals surface area contributed by atoms with E-state index in [1.54, 1.807) is 0 Å². The molecule has 4 rings (SSSR count). The van der Waals surface area contributed by atoms with E-state index in [-0.39, 0.29) is 11.5 Å². The van der Waals surface area contributed by atoms with Crippen molar-refractivity contribution in [3.05, 3.63) is 35.4 Å². The summed E-state index contributed by atoms with van der Waals surface area (Å²) >= 11 is 0. The van der Waals surface area contributed by atoms with Crippen molar-refractivity contribution in [1.82, 2.24) is 10.2 Å². The van der Waals surface area contributed by atoms with E-state index in [2.05, 4.69) is 17.1 Å². The number of fused-ring (bicyclic) bond motifs is 3. The van der Waals surface area contributed by atoms with Gasteiger partial charge < -0.3 is 5.32 Å². The zero-order valence-corrected chi connectivity index (χ0v) is 13.8. The summed E-state index contributed by atoms with van der Waals surface area (Å²) in [6.07, 6.45) is -0.834. The summed E-state index contributed by atoms with van der Waals surface area (Å²) in [6.45, 7) is 4.98. The van der Waals surface area contributed by atoms with Crippen molar-refractivity contribution < 1.29 is 18.0 Å². The summed E-state index contributed by atoms with van der Waals surface area (Å²) in [6, 6.07) is 4.72. The molecule has 0 aliphatic carbocycles. The highest BCUT2D eigenvalue weighted by molar-refractivity contribution is 5.94. The maximum atomic E-state index is 12.6. The molecule has 4 atom stereocenters. The zero-order valence-electron chi connectivity index (χ0n) is 13.8. The van der Waals surface area contributed by atoms with Crippen molar-refractivity contribution in [2.45, 2.75) is 38.4 Å². The molecule has 0 saturated carbocycles. The molecule has 132 valence electrons. The first-order valence-electron chi connectivity index (χ1n) is 8.58. The molecule has 0 spiro atoms. The Labute approximate surface area is 140 Å². The topological polar surface area (TPSA) is 32.3 Å². The molecule has 2 bridgehead atoms. The van der Waals surface area contributed by atoms with Crippen molar-refractivity contribution in [2.24, 2.45) is 11.8 Å². The molecular formula is C18H23F3N2O. The van der Waals surface area contributed by atoms with Crippen LogP contribution in [0.1, 0.15) is 42.1 Å². The number of carbonyl (C=O) groups is 1. The normalized spacial score (nSPS) is 29.5. The maximum Gasteiger partial charge on any atom is 0.416 e. The van der Waals surface area contributed by atoms with E-state index >= 15 is 0 Å². The lowest BCUT2D eigenvalue weighted by Crippen LogP contribution is -2.56. The summed E-state index contributed by atoms with van der Waals surface area (Å²) in [4.78, 5) is 14.6. The van der Waals surface area contributed by atoms with E-state index in [0.29, 0.717) is 12.6 Å². The summed E-state index contributed by atoms with van der Waals surface area (Å²) in [5, 5.41) is 2.88. The fourth-order valence-corrected chi connectivity index (χ4v) is 4.05. The highest BCUT2D eigenvalue weighted by Gasteiger charge is 2.39. The fourth-order valence-electron chi connectivity index (χ4n) is 4.05. The number of rotatable bonds is 4. The van der Waals surface area contributed by atoms with Crippen LogP contribution in [0.25, 0.3) is 0 Å². The van der Waals surface area contributed by atoms with Crippen LogP contribution < -0.4 is 5.32 Å². The van der Waals surface area contributed by atoms with Gasteiger partial charge in [0.2, 0.25) is 0 Å². The molecule has 24 heavy (non-hydrogen) atoms. The molecule has 3 saturated heterocycles. The van der Waals surface area contributed by atoms with Gasteiger partial charge in [-0.1, -0.05) is 13.3 Å². The Balaban J connectivity index is 1.55. The van der Waals surface area contributed by atoms with Gasteiger partial charge in [-0.3, -0.25) is 9.69 Å². The molecule has 0 aromatic heterocycles. The van der Waals surface area contributed by atoms with Crippen molar-refractivity contribution >= 4 is 5.91 Å². The van der Waals surface area contributed by atoms with Gasteiger partial charge >= 0.3 is 6.18 Å². The molecule has 3 aliphatic rings. The maximum absolute atomic E-state index is 12.6. The van der Waals surface area contributed by atoms with E-state index in [1.165, 1.54) is 25.0 Å². The number of benzene rings is 1. The number of nitrogens with one attached hydrogen (secondary N) is 1. The van der Waals surface area contributed by atoms with Crippen LogP contribution in [0.4, 0.5) is 13.2 Å². The van der Waals surface area contributed by atoms with E-state index in [9.17, 15) is 18.0 Å². The highest BCUT2D eigenvalue weighted by atomic mass is 19.4. The molecule has 3 heterocycles. The fraction of sp³-hybridized carbons (Fsp3) is 0.611. The number of piperidine rings is 3. The Bertz CT molecular complexity index is 585. The lowest BCUT2D eigenvalue weighted by Gasteiger charge is -2.50. The first kappa shape index (κ1) is 17.3. The van der Waals surface area contributed by atoms with Crippen LogP contribution >= 0.6 is 0 Å². The number of hydrogen-bond donors (Lipinski definition) is 1. The van der Waals surface area contributed by atoms with Gasteiger partial charge in [-0.15, -0.1) is 0 Å². The molecule has 4 unspecified atom stereocenters. The number of hydrogen-bond acceptors (Lipinski definition) is 2. The molecular weight excluding hydrogens is 317 g/mol. The highest BCUT2D eigenvalue weighted by Crippen LogP contribution is 2.37. The molecule has 1 aromatic carbocycles. The molecule has 1 aromatic rings. The Morgan fingerprint density at radius 1 is 1.29 bits per heavy atom. The van der Waals surface area contributed by atoms with Crippen molar-refractivity contribution in [3.8, 4) is 0 Å². The first-order chi connectivity index (χ1) is 11.4. The van der Waals surface area contributed by atoms with Crippen LogP contribution in [0.15, 0.2) is 24.3 Å². The largest absolute Gasteiger partial charge is 0.416 e. The quantitative estimate of drug-likeness (QED) is 0.909. The van der Waals surface area contributed by atoms with Gasteiger partial charge in [0, 0.05) is 24.7 Å². The standard InChI is InChI=1S/C18H23F3N2O/c1-2-12-11-23-8-7-14(12)9-16(23)10-22-17(24)13-3-5-15(6-4-13)18(19,20)21/h3-6,12,14,16H,2,7-11H2,1H3,(H,22,24). The molecule has 3 nitrogen and oxygen atoms in total. The van der Waals surface area contributed by atoms with E-state index in [1.807, 2.05) is 0 Å². The second kappa shape index (κ2) is 6.75. The van der Waals surface area contributed by atoms with Crippen molar-refractivity contribution in [2.75, 3.05) is 19.6 Å². The Hall–Kier alpha value is -1.56. The van der Waals surface area contributed by atoms with Gasteiger partial charge in [0.05, 0.1) is 5.56 Å². The summed E-state index contributed by atoms with van der Waals surface area (Å²) in [5.74, 6) is 1.20. The van der Waals surface area contributed by atoms with Gasteiger partial charge in [-0.25, -0.2) is 0 Å². The van der Waals surface area contributed by atoms with Crippen LogP contribution in [0.5, 0.6) is 0 Å². The third-order valence-corrected chi connectivity index (χ3v) is 5.51. The van der Waals surface area contributed by atoms with E-state index in [0.717, 1.165) is 43.5 Å². The third kappa shape index (κ3) is 3.58. The Morgan fingerprint density at radius 2 is 2.00 bits per heavy atom. The van der Waals surface area contributed by atoms with Crippen LogP contribution in [0.2, 0.25) is 0 Å². The smallest absolute Gasteiger partial charge is 0.350 e. The predicted octanol–water partition coefficient (Wildman–Crippen LogP) is 3.56. The minimum absolute atomic E-state index is 0.269. The number of amides is 1. The molecule has 3 aliphatic heterocycles. The van der Waals surface area contributed by atoms with Gasteiger partial charge in [0.15, 0.2) is 0 Å². The lowest BCUT2D eigenvalue weighted by atomic mass is 9.74. The molecule has 1 amide bonds. The lowest BCUT2D eigenvalue weighted by molar-refractivity contribution is -0.137. The minimum atomic E-state index is -4.38. The zero-order chi connectivity index (χ0) is 17.3. The average Bonchev–Trinajstić information content (AvgIpc) is 2.59. The van der Waals surface area contributed by atoms with Gasteiger partial charge in [0.25, 0.3) is 5.91 Å². The molecule has 3 fully saturated rings. The van der Waals surface area contributed by atoms with Gasteiger partial charge in [-0.05, 0) is 55.5 Å². The molecule has 0 radical (unpaired) electrons. The predicted molar refractivity (Wildman–Crippen MR) is 85.6 cm³/mol. The van der Waals surface area contributed by atoms with Crippen LogP contribution in [-0.2, 0) is 6.18 Å². The van der Waals surface area contributed by atoms with Crippen LogP contribution in [0, 0.1) is 11.8 Å². The van der Waals surface area contributed by atoms with E-state index in [4.69, 9.17) is 0 Å². The van der Waals surface area contributed by atoms with Crippen LogP contribution in [-0.4, -0.2) is 36.5 Å². The second-order valence-electron chi connectivity index (χ2n) is 6.89. The van der Waals surface area contributed by atoms with Crippen molar-refractivity contribution in [3.63, 3.8) is 0 Å². The number of alkyl halides is 3. The minimum Gasteiger partial charge on any atom is -0.350 e. The monoisotopic (exact) mass is 340 g/mol. The number of halogens is 3. The Kier molecular flexibility index (Phi) is 4.85. The number of nitrogens with zero attached hydrogens (tertiary/aromatic N) is 1. The van der Waals surface area contributed by atoms with Gasteiger partial charge in [0.1, 0.15) is 0 Å². The summed E-state index contributed by atoms with van der Waals surface area (Å²) < 4.78 is 37.7. The Morgan fingerprint density at radius 3 is 2.54 bits per heavy atom. The third-order valence-electron chi connectivity index (χ3n) is 5.51. The summed E-state index contributed by atoms with van der Waals surface area (Å²) in [7, 11) is 0. The van der Waals surface area contributed by atoms with Crippen LogP contribution in [0.3, 0.4) is 0 Å².